The van der Waals surface area contributed by atoms with E-state index in [1.165, 1.54) is 26.2 Å². The van der Waals surface area contributed by atoms with Crippen LogP contribution < -0.4 is 14.2 Å². The van der Waals surface area contributed by atoms with E-state index in [1.807, 2.05) is 13.8 Å². The Morgan fingerprint density at radius 2 is 1.62 bits per heavy atom. The summed E-state index contributed by atoms with van der Waals surface area (Å²) in [6, 6.07) is 2.37. The first-order valence-electron chi connectivity index (χ1n) is 13.3. The van der Waals surface area contributed by atoms with Crippen LogP contribution in [-0.4, -0.2) is 91.7 Å². The van der Waals surface area contributed by atoms with Gasteiger partial charge in [0.05, 0.1) is 39.6 Å². The van der Waals surface area contributed by atoms with Gasteiger partial charge in [0.15, 0.2) is 11.5 Å². The van der Waals surface area contributed by atoms with Crippen molar-refractivity contribution < 1.29 is 38.4 Å². The normalized spacial score (nSPS) is 16.5. The fourth-order valence-corrected chi connectivity index (χ4v) is 5.15. The average molecular weight is 558 g/mol. The maximum atomic E-state index is 13.6. The van der Waals surface area contributed by atoms with Gasteiger partial charge in [0.25, 0.3) is 11.7 Å². The van der Waals surface area contributed by atoms with Crippen LogP contribution in [0.25, 0.3) is 5.76 Å². The number of rotatable bonds is 12. The number of amides is 1. The highest BCUT2D eigenvalue weighted by Crippen LogP contribution is 2.46. The standard InChI is InChI=1S/C29H39N3O8/c1-9-31(10-2)12-13-32-24(18-14-19(37-6)27(39-8)20(15-18)38-7)22(26(34)28(32)35)25(33)21-16(4)23(30-17(21)5)29(36)40-11-3/h14-15,24,30,33H,9-13H2,1-8H3/b25-22+. The number of hydrogen-bond acceptors (Lipinski definition) is 9. The molecule has 40 heavy (non-hydrogen) atoms. The molecule has 2 aromatic rings. The third-order valence-corrected chi connectivity index (χ3v) is 7.25. The van der Waals surface area contributed by atoms with E-state index in [4.69, 9.17) is 18.9 Å². The van der Waals surface area contributed by atoms with Crippen molar-refractivity contribution in [3.63, 3.8) is 0 Å². The van der Waals surface area contributed by atoms with Crippen LogP contribution in [0.2, 0.25) is 0 Å². The summed E-state index contributed by atoms with van der Waals surface area (Å²) in [5, 5.41) is 11.7. The highest BCUT2D eigenvalue weighted by Gasteiger charge is 2.47. The number of aliphatic hydroxyl groups is 1. The highest BCUT2D eigenvalue weighted by molar-refractivity contribution is 6.46. The highest BCUT2D eigenvalue weighted by atomic mass is 16.5. The summed E-state index contributed by atoms with van der Waals surface area (Å²) >= 11 is 0. The first-order chi connectivity index (χ1) is 19.1. The van der Waals surface area contributed by atoms with Gasteiger partial charge in [-0.3, -0.25) is 9.59 Å². The number of methoxy groups -OCH3 is 3. The zero-order valence-corrected chi connectivity index (χ0v) is 24.5. The van der Waals surface area contributed by atoms with Crippen LogP contribution in [0.5, 0.6) is 17.2 Å². The van der Waals surface area contributed by atoms with Gasteiger partial charge in [-0.25, -0.2) is 4.79 Å². The topological polar surface area (TPSA) is 131 Å². The average Bonchev–Trinajstić information content (AvgIpc) is 3.39. The van der Waals surface area contributed by atoms with Crippen LogP contribution in [0.3, 0.4) is 0 Å². The Bertz CT molecular complexity index is 1280. The number of ether oxygens (including phenoxy) is 4. The van der Waals surface area contributed by atoms with Gasteiger partial charge in [-0.15, -0.1) is 0 Å². The third kappa shape index (κ3) is 5.51. The number of likely N-dealkylation sites (tertiary alicyclic amines) is 1. The predicted molar refractivity (Wildman–Crippen MR) is 149 cm³/mol. The summed E-state index contributed by atoms with van der Waals surface area (Å²) in [4.78, 5) is 46.1. The molecular formula is C29H39N3O8. The van der Waals surface area contributed by atoms with Crippen molar-refractivity contribution in [3.05, 3.63) is 45.8 Å². The summed E-state index contributed by atoms with van der Waals surface area (Å²) in [7, 11) is 4.43. The van der Waals surface area contributed by atoms with Gasteiger partial charge in [-0.1, -0.05) is 13.8 Å². The Hall–Kier alpha value is -3.99. The Morgan fingerprint density at radius 1 is 1.02 bits per heavy atom. The third-order valence-electron chi connectivity index (χ3n) is 7.25. The molecule has 1 amide bonds. The van der Waals surface area contributed by atoms with E-state index in [2.05, 4.69) is 9.88 Å². The summed E-state index contributed by atoms with van der Waals surface area (Å²) in [6.45, 7) is 11.5. The number of ketones is 1. The molecule has 0 bridgehead atoms. The molecule has 0 aliphatic carbocycles. The van der Waals surface area contributed by atoms with Gasteiger partial charge in [-0.2, -0.15) is 0 Å². The van der Waals surface area contributed by atoms with Crippen LogP contribution >= 0.6 is 0 Å². The van der Waals surface area contributed by atoms with Gasteiger partial charge in [0, 0.05) is 24.3 Å². The molecule has 1 unspecified atom stereocenters. The number of aliphatic hydroxyl groups excluding tert-OH is 1. The number of carbonyl (C=O) groups is 3. The maximum Gasteiger partial charge on any atom is 0.355 e. The zero-order chi connectivity index (χ0) is 29.7. The molecule has 2 N–H and O–H groups in total. The lowest BCUT2D eigenvalue weighted by atomic mass is 9.93. The molecule has 1 saturated heterocycles. The van der Waals surface area contributed by atoms with Crippen molar-refractivity contribution in [2.24, 2.45) is 0 Å². The molecule has 0 spiro atoms. The predicted octanol–water partition coefficient (Wildman–Crippen LogP) is 3.60. The number of nitrogens with one attached hydrogen (secondary N) is 1. The van der Waals surface area contributed by atoms with Crippen LogP contribution in [-0.2, 0) is 14.3 Å². The van der Waals surface area contributed by atoms with Gasteiger partial charge < -0.3 is 38.8 Å². The number of esters is 1. The van der Waals surface area contributed by atoms with E-state index in [-0.39, 0.29) is 35.7 Å². The largest absolute Gasteiger partial charge is 0.507 e. The van der Waals surface area contributed by atoms with Crippen LogP contribution in [0.4, 0.5) is 0 Å². The lowest BCUT2D eigenvalue weighted by Crippen LogP contribution is -2.38. The maximum absolute atomic E-state index is 13.6. The van der Waals surface area contributed by atoms with Crippen molar-refractivity contribution in [2.45, 2.75) is 40.7 Å². The van der Waals surface area contributed by atoms with Crippen LogP contribution in [0.1, 0.15) is 59.7 Å². The van der Waals surface area contributed by atoms with E-state index in [1.54, 1.807) is 32.9 Å². The SMILES string of the molecule is CCOC(=O)c1[nH]c(C)c(/C(O)=C2\C(=O)C(=O)N(CCN(CC)CC)C2c2cc(OC)c(OC)c(OC)c2)c1C. The molecule has 1 aromatic heterocycles. The van der Waals surface area contributed by atoms with E-state index in [0.29, 0.717) is 40.6 Å². The summed E-state index contributed by atoms with van der Waals surface area (Å²) in [5.41, 5.74) is 1.69. The number of benzene rings is 1. The molecule has 11 heteroatoms. The number of aromatic amines is 1. The quantitative estimate of drug-likeness (QED) is 0.174. The van der Waals surface area contributed by atoms with Crippen molar-refractivity contribution in [1.82, 2.24) is 14.8 Å². The molecule has 0 radical (unpaired) electrons. The molecule has 1 aliphatic heterocycles. The van der Waals surface area contributed by atoms with E-state index < -0.39 is 23.7 Å². The fraction of sp³-hybridized carbons (Fsp3) is 0.483. The van der Waals surface area contributed by atoms with E-state index in [9.17, 15) is 19.5 Å². The Morgan fingerprint density at radius 3 is 2.12 bits per heavy atom. The summed E-state index contributed by atoms with van der Waals surface area (Å²) < 4.78 is 21.7. The molecule has 3 rings (SSSR count). The van der Waals surface area contributed by atoms with Crippen LogP contribution in [0, 0.1) is 13.8 Å². The lowest BCUT2D eigenvalue weighted by Gasteiger charge is -2.29. The second-order valence-electron chi connectivity index (χ2n) is 9.32. The molecule has 218 valence electrons. The summed E-state index contributed by atoms with van der Waals surface area (Å²) in [5.74, 6) is -1.50. The molecule has 1 aromatic carbocycles. The van der Waals surface area contributed by atoms with Gasteiger partial charge in [0.1, 0.15) is 11.5 Å². The Balaban J connectivity index is 2.29. The molecule has 0 saturated carbocycles. The molecule has 1 aliphatic rings. The Labute approximate surface area is 234 Å². The van der Waals surface area contributed by atoms with Gasteiger partial charge in [0.2, 0.25) is 5.75 Å². The smallest absolute Gasteiger partial charge is 0.355 e. The molecule has 1 fully saturated rings. The van der Waals surface area contributed by atoms with Crippen molar-refractivity contribution >= 4 is 23.4 Å². The molecule has 11 nitrogen and oxygen atoms in total. The first kappa shape index (κ1) is 30.6. The minimum Gasteiger partial charge on any atom is -0.507 e. The van der Waals surface area contributed by atoms with Gasteiger partial charge >= 0.3 is 5.97 Å². The van der Waals surface area contributed by atoms with E-state index >= 15 is 0 Å². The van der Waals surface area contributed by atoms with E-state index in [0.717, 1.165) is 13.1 Å². The number of nitrogens with zero attached hydrogens (tertiary/aromatic N) is 2. The molecule has 1 atom stereocenters. The number of H-pyrrole nitrogens is 1. The number of aromatic nitrogens is 1. The zero-order valence-electron chi connectivity index (χ0n) is 24.5. The Kier molecular flexibility index (Phi) is 9.86. The van der Waals surface area contributed by atoms with Crippen molar-refractivity contribution in [1.29, 1.82) is 0 Å². The van der Waals surface area contributed by atoms with Gasteiger partial charge in [-0.05, 0) is 57.1 Å². The molecule has 2 heterocycles. The number of carbonyl (C=O) groups excluding carboxylic acids is 3. The molecular weight excluding hydrogens is 518 g/mol. The number of hydrogen-bond donors (Lipinski definition) is 2. The summed E-state index contributed by atoms with van der Waals surface area (Å²) in [6.07, 6.45) is 0. The number of likely N-dealkylation sites (N-methyl/N-ethyl adjacent to an activating group) is 1. The number of aryl methyl sites for hydroxylation is 1. The monoisotopic (exact) mass is 557 g/mol. The minimum atomic E-state index is -0.955. The first-order valence-corrected chi connectivity index (χ1v) is 13.3. The lowest BCUT2D eigenvalue weighted by molar-refractivity contribution is -0.140. The second kappa shape index (κ2) is 12.9. The second-order valence-corrected chi connectivity index (χ2v) is 9.32. The van der Waals surface area contributed by atoms with Crippen molar-refractivity contribution in [2.75, 3.05) is 54.1 Å². The minimum absolute atomic E-state index is 0.0978. The van der Waals surface area contributed by atoms with Crippen LogP contribution in [0.15, 0.2) is 17.7 Å². The number of Topliss-reactive ketones (excluding diaryl/α,β-unsaturated/α-hetero) is 1. The fourth-order valence-electron chi connectivity index (χ4n) is 5.15. The van der Waals surface area contributed by atoms with Crippen molar-refractivity contribution in [3.8, 4) is 17.2 Å².